The summed E-state index contributed by atoms with van der Waals surface area (Å²) in [4.78, 5) is 4.64. The van der Waals surface area contributed by atoms with Crippen molar-refractivity contribution in [1.29, 1.82) is 0 Å². The largest absolute Gasteiger partial charge is 0.279 e. The van der Waals surface area contributed by atoms with E-state index in [0.717, 1.165) is 6.42 Å². The highest BCUT2D eigenvalue weighted by Crippen LogP contribution is 2.28. The Morgan fingerprint density at radius 2 is 2.20 bits per heavy atom. The number of hydrogen-bond donors (Lipinski definition) is 1. The average molecular weight is 334 g/mol. The van der Waals surface area contributed by atoms with Crippen molar-refractivity contribution in [2.45, 2.75) is 37.1 Å². The number of hydrogen-bond acceptors (Lipinski definition) is 4. The van der Waals surface area contributed by atoms with Gasteiger partial charge in [0.15, 0.2) is 15.1 Å². The summed E-state index contributed by atoms with van der Waals surface area (Å²) < 4.78 is 28.9. The van der Waals surface area contributed by atoms with Gasteiger partial charge in [0.2, 0.25) is 0 Å². The maximum atomic E-state index is 12.3. The predicted octanol–water partition coefficient (Wildman–Crippen LogP) is 2.91. The Labute approximate surface area is 127 Å². The lowest BCUT2D eigenvalue weighted by Crippen LogP contribution is -2.27. The highest BCUT2D eigenvalue weighted by atomic mass is 35.5. The van der Waals surface area contributed by atoms with E-state index >= 15 is 0 Å². The molecule has 1 aliphatic rings. The van der Waals surface area contributed by atoms with Crippen molar-refractivity contribution in [2.75, 3.05) is 6.54 Å². The average Bonchev–Trinajstić information content (AvgIpc) is 3.04. The Morgan fingerprint density at radius 1 is 1.45 bits per heavy atom. The minimum Gasteiger partial charge on any atom is -0.279 e. The van der Waals surface area contributed by atoms with Crippen LogP contribution in [0.1, 0.15) is 32.1 Å². The van der Waals surface area contributed by atoms with Gasteiger partial charge in [-0.05, 0) is 12.3 Å². The van der Waals surface area contributed by atoms with Gasteiger partial charge in [-0.3, -0.25) is 4.40 Å². The Bertz CT molecular complexity index is 701. The third-order valence-corrected chi connectivity index (χ3v) is 6.37. The van der Waals surface area contributed by atoms with Crippen LogP contribution in [0.2, 0.25) is 5.15 Å². The molecule has 0 aromatic carbocycles. The maximum Gasteiger partial charge on any atom is 0.259 e. The summed E-state index contributed by atoms with van der Waals surface area (Å²) in [7, 11) is -3.61. The summed E-state index contributed by atoms with van der Waals surface area (Å²) in [6.07, 6.45) is 7.52. The first-order valence-electron chi connectivity index (χ1n) is 6.68. The van der Waals surface area contributed by atoms with Crippen molar-refractivity contribution in [3.63, 3.8) is 0 Å². The molecule has 0 atom stereocenters. The Balaban J connectivity index is 1.74. The SMILES string of the molecule is O=S(=O)(NCCC1CCCC1)c1c(Cl)nc2sccn12. The zero-order valence-corrected chi connectivity index (χ0v) is 13.3. The van der Waals surface area contributed by atoms with Gasteiger partial charge in [0.25, 0.3) is 10.0 Å². The van der Waals surface area contributed by atoms with E-state index in [2.05, 4.69) is 9.71 Å². The summed E-state index contributed by atoms with van der Waals surface area (Å²) in [6.45, 7) is 0.459. The van der Waals surface area contributed by atoms with Gasteiger partial charge < -0.3 is 0 Å². The second kappa shape index (κ2) is 5.63. The van der Waals surface area contributed by atoms with Crippen molar-refractivity contribution in [2.24, 2.45) is 5.92 Å². The predicted molar refractivity (Wildman–Crippen MR) is 79.8 cm³/mol. The minimum absolute atomic E-state index is 0.0326. The van der Waals surface area contributed by atoms with E-state index in [-0.39, 0.29) is 10.2 Å². The summed E-state index contributed by atoms with van der Waals surface area (Å²) in [5.41, 5.74) is 0. The number of aromatic nitrogens is 2. The van der Waals surface area contributed by atoms with Crippen molar-refractivity contribution in [1.82, 2.24) is 14.1 Å². The van der Waals surface area contributed by atoms with E-state index in [1.54, 1.807) is 11.6 Å². The third-order valence-electron chi connectivity index (χ3n) is 3.75. The molecule has 2 aromatic rings. The van der Waals surface area contributed by atoms with Crippen LogP contribution in [0.5, 0.6) is 0 Å². The first-order chi connectivity index (χ1) is 9.58. The van der Waals surface area contributed by atoms with Gasteiger partial charge in [-0.1, -0.05) is 37.3 Å². The summed E-state index contributed by atoms with van der Waals surface area (Å²) in [5.74, 6) is 0.653. The third kappa shape index (κ3) is 2.72. The van der Waals surface area contributed by atoms with Gasteiger partial charge in [-0.15, -0.1) is 11.3 Å². The molecule has 5 nitrogen and oxygen atoms in total. The number of nitrogens with zero attached hydrogens (tertiary/aromatic N) is 2. The lowest BCUT2D eigenvalue weighted by molar-refractivity contribution is 0.495. The highest BCUT2D eigenvalue weighted by molar-refractivity contribution is 7.89. The van der Waals surface area contributed by atoms with Gasteiger partial charge in [-0.2, -0.15) is 0 Å². The van der Waals surface area contributed by atoms with Gasteiger partial charge in [-0.25, -0.2) is 18.1 Å². The zero-order chi connectivity index (χ0) is 14.2. The molecule has 20 heavy (non-hydrogen) atoms. The van der Waals surface area contributed by atoms with Gasteiger partial charge in [0.05, 0.1) is 0 Å². The van der Waals surface area contributed by atoms with E-state index in [4.69, 9.17) is 11.6 Å². The van der Waals surface area contributed by atoms with Crippen LogP contribution < -0.4 is 4.72 Å². The molecule has 0 saturated heterocycles. The lowest BCUT2D eigenvalue weighted by Gasteiger charge is -2.10. The van der Waals surface area contributed by atoms with Crippen LogP contribution in [-0.2, 0) is 10.0 Å². The lowest BCUT2D eigenvalue weighted by atomic mass is 10.1. The topological polar surface area (TPSA) is 63.5 Å². The number of thiazole rings is 1. The van der Waals surface area contributed by atoms with Crippen LogP contribution in [0, 0.1) is 5.92 Å². The van der Waals surface area contributed by atoms with Crippen molar-refractivity contribution >= 4 is 37.9 Å². The molecule has 2 aromatic heterocycles. The molecule has 1 N–H and O–H groups in total. The van der Waals surface area contributed by atoms with Crippen LogP contribution in [0.3, 0.4) is 0 Å². The Morgan fingerprint density at radius 3 is 2.95 bits per heavy atom. The molecule has 3 rings (SSSR count). The molecule has 0 unspecified atom stereocenters. The molecule has 0 radical (unpaired) electrons. The Kier molecular flexibility index (Phi) is 4.03. The number of nitrogens with one attached hydrogen (secondary N) is 1. The molecule has 2 heterocycles. The summed E-state index contributed by atoms with van der Waals surface area (Å²) in [6, 6.07) is 0. The summed E-state index contributed by atoms with van der Waals surface area (Å²) >= 11 is 7.31. The van der Waals surface area contributed by atoms with Crippen molar-refractivity contribution in [3.05, 3.63) is 16.7 Å². The van der Waals surface area contributed by atoms with E-state index in [0.29, 0.717) is 17.4 Å². The smallest absolute Gasteiger partial charge is 0.259 e. The van der Waals surface area contributed by atoms with Gasteiger partial charge in [0.1, 0.15) is 0 Å². The number of sulfonamides is 1. The van der Waals surface area contributed by atoms with Crippen LogP contribution >= 0.6 is 22.9 Å². The number of fused-ring (bicyclic) bond motifs is 1. The monoisotopic (exact) mass is 333 g/mol. The molecular weight excluding hydrogens is 318 g/mol. The highest BCUT2D eigenvalue weighted by Gasteiger charge is 2.25. The van der Waals surface area contributed by atoms with Crippen LogP contribution in [0.4, 0.5) is 0 Å². The molecule has 0 aliphatic heterocycles. The standard InChI is InChI=1S/C12H16ClN3O2S2/c13-10-11(16-7-8-19-12(16)15-10)20(17,18)14-6-5-9-3-1-2-4-9/h7-9,14H,1-6H2. The molecule has 1 aliphatic carbocycles. The molecule has 1 saturated carbocycles. The van der Waals surface area contributed by atoms with Gasteiger partial charge in [0, 0.05) is 18.1 Å². The van der Waals surface area contributed by atoms with E-state index in [9.17, 15) is 8.42 Å². The quantitative estimate of drug-likeness (QED) is 0.915. The molecule has 0 bridgehead atoms. The van der Waals surface area contributed by atoms with Crippen molar-refractivity contribution in [3.8, 4) is 0 Å². The van der Waals surface area contributed by atoms with E-state index in [1.165, 1.54) is 41.4 Å². The van der Waals surface area contributed by atoms with Crippen molar-refractivity contribution < 1.29 is 8.42 Å². The van der Waals surface area contributed by atoms with Crippen LogP contribution in [0.25, 0.3) is 4.96 Å². The maximum absolute atomic E-state index is 12.3. The molecular formula is C12H16ClN3O2S2. The fourth-order valence-electron chi connectivity index (χ4n) is 2.74. The zero-order valence-electron chi connectivity index (χ0n) is 10.9. The second-order valence-corrected chi connectivity index (χ2v) is 8.01. The first kappa shape index (κ1) is 14.3. The Hall–Kier alpha value is -0.630. The van der Waals surface area contributed by atoms with E-state index in [1.807, 2.05) is 0 Å². The minimum atomic E-state index is -3.61. The fraction of sp³-hybridized carbons (Fsp3) is 0.583. The number of rotatable bonds is 5. The van der Waals surface area contributed by atoms with Crippen LogP contribution in [0.15, 0.2) is 16.6 Å². The molecule has 0 amide bonds. The van der Waals surface area contributed by atoms with Crippen LogP contribution in [-0.4, -0.2) is 24.3 Å². The summed E-state index contributed by atoms with van der Waals surface area (Å²) in [5, 5.41) is 1.86. The molecule has 0 spiro atoms. The van der Waals surface area contributed by atoms with E-state index < -0.39 is 10.0 Å². The number of halogens is 1. The number of imidazole rings is 1. The normalized spacial score (nSPS) is 17.2. The molecule has 8 heteroatoms. The molecule has 1 fully saturated rings. The van der Waals surface area contributed by atoms with Gasteiger partial charge >= 0.3 is 0 Å². The first-order valence-corrected chi connectivity index (χ1v) is 9.43. The second-order valence-electron chi connectivity index (χ2n) is 5.10. The molecule has 110 valence electrons. The fourth-order valence-corrected chi connectivity index (χ4v) is 5.24.